The number of rotatable bonds is 3. The lowest BCUT2D eigenvalue weighted by molar-refractivity contribution is 0.765. The third-order valence-corrected chi connectivity index (χ3v) is 3.91. The van der Waals surface area contributed by atoms with Crippen LogP contribution in [0, 0.1) is 6.92 Å². The highest BCUT2D eigenvalue weighted by molar-refractivity contribution is 7.98. The van der Waals surface area contributed by atoms with Crippen molar-refractivity contribution in [2.75, 3.05) is 0 Å². The van der Waals surface area contributed by atoms with Crippen LogP contribution in [0.4, 0.5) is 0 Å². The fourth-order valence-electron chi connectivity index (χ4n) is 1.20. The number of aromatic nitrogens is 4. The molecule has 0 fully saturated rings. The quantitative estimate of drug-likeness (QED) is 0.643. The van der Waals surface area contributed by atoms with Crippen LogP contribution in [-0.2, 0) is 12.8 Å². The summed E-state index contributed by atoms with van der Waals surface area (Å²) in [5, 5.41) is 9.74. The highest BCUT2D eigenvalue weighted by Gasteiger charge is 2.08. The van der Waals surface area contributed by atoms with Crippen LogP contribution >= 0.6 is 35.0 Å². The van der Waals surface area contributed by atoms with Crippen LogP contribution in [0.2, 0.25) is 10.3 Å². The molecule has 0 atom stereocenters. The smallest absolute Gasteiger partial charge is 0.191 e. The molecule has 0 unspecified atom stereocenters. The van der Waals surface area contributed by atoms with Gasteiger partial charge in [-0.05, 0) is 18.6 Å². The first-order chi connectivity index (χ1) is 8.08. The molecule has 90 valence electrons. The summed E-state index contributed by atoms with van der Waals surface area (Å²) in [6.07, 6.45) is 0. The van der Waals surface area contributed by atoms with E-state index in [0.717, 1.165) is 16.5 Å². The zero-order valence-corrected chi connectivity index (χ0v) is 11.6. The molecular weight excluding hydrogens is 279 g/mol. The zero-order chi connectivity index (χ0) is 12.4. The minimum Gasteiger partial charge on any atom is -0.309 e. The van der Waals surface area contributed by atoms with Crippen molar-refractivity contribution < 1.29 is 0 Å². The van der Waals surface area contributed by atoms with Gasteiger partial charge in [-0.2, -0.15) is 0 Å². The molecule has 2 aromatic rings. The van der Waals surface area contributed by atoms with Gasteiger partial charge in [0.1, 0.15) is 16.1 Å². The Bertz CT molecular complexity index is 541. The lowest BCUT2D eigenvalue weighted by Crippen LogP contribution is -1.94. The van der Waals surface area contributed by atoms with Gasteiger partial charge in [-0.1, -0.05) is 41.0 Å². The first-order valence-corrected chi connectivity index (χ1v) is 6.62. The van der Waals surface area contributed by atoms with Gasteiger partial charge >= 0.3 is 0 Å². The van der Waals surface area contributed by atoms with Crippen molar-refractivity contribution in [1.82, 2.24) is 19.7 Å². The highest BCUT2D eigenvalue weighted by Crippen LogP contribution is 2.25. The van der Waals surface area contributed by atoms with E-state index in [9.17, 15) is 0 Å². The Kier molecular flexibility index (Phi) is 3.91. The number of aryl methyl sites for hydroxylation is 1. The summed E-state index contributed by atoms with van der Waals surface area (Å²) in [6.45, 7) is 1.91. The predicted octanol–water partition coefficient (Wildman–Crippen LogP) is 3.12. The second kappa shape index (κ2) is 5.25. The molecule has 0 aliphatic rings. The summed E-state index contributed by atoms with van der Waals surface area (Å²) < 4.78 is 1.93. The van der Waals surface area contributed by atoms with Crippen LogP contribution in [0.15, 0.2) is 17.3 Å². The van der Waals surface area contributed by atoms with Crippen molar-refractivity contribution >= 4 is 35.0 Å². The molecule has 2 aromatic heterocycles. The Morgan fingerprint density at radius 3 is 2.65 bits per heavy atom. The van der Waals surface area contributed by atoms with Crippen molar-refractivity contribution in [3.05, 3.63) is 33.8 Å². The molecule has 0 bridgehead atoms. The van der Waals surface area contributed by atoms with E-state index in [2.05, 4.69) is 15.2 Å². The average molecular weight is 289 g/mol. The van der Waals surface area contributed by atoms with Crippen LogP contribution in [-0.4, -0.2) is 19.7 Å². The number of halogens is 2. The molecule has 0 aliphatic carbocycles. The van der Waals surface area contributed by atoms with Crippen molar-refractivity contribution in [2.24, 2.45) is 7.05 Å². The number of pyridine rings is 1. The molecule has 0 aliphatic heterocycles. The summed E-state index contributed by atoms with van der Waals surface area (Å²) in [4.78, 5) is 3.99. The van der Waals surface area contributed by atoms with E-state index in [0.29, 0.717) is 16.1 Å². The third-order valence-electron chi connectivity index (χ3n) is 2.30. The monoisotopic (exact) mass is 288 g/mol. The van der Waals surface area contributed by atoms with Gasteiger partial charge in [-0.15, -0.1) is 10.2 Å². The number of nitrogens with zero attached hydrogens (tertiary/aromatic N) is 4. The van der Waals surface area contributed by atoms with Crippen molar-refractivity contribution in [1.29, 1.82) is 0 Å². The number of hydrogen-bond acceptors (Lipinski definition) is 4. The molecule has 17 heavy (non-hydrogen) atoms. The van der Waals surface area contributed by atoms with Crippen LogP contribution in [0.5, 0.6) is 0 Å². The summed E-state index contributed by atoms with van der Waals surface area (Å²) in [6, 6.07) is 3.60. The van der Waals surface area contributed by atoms with Gasteiger partial charge in [0.2, 0.25) is 0 Å². The van der Waals surface area contributed by atoms with Gasteiger partial charge in [0.15, 0.2) is 5.16 Å². The van der Waals surface area contributed by atoms with Crippen LogP contribution in [0.3, 0.4) is 0 Å². The fraction of sp³-hybridized carbons (Fsp3) is 0.300. The first-order valence-electron chi connectivity index (χ1n) is 4.87. The van der Waals surface area contributed by atoms with Gasteiger partial charge in [0.25, 0.3) is 0 Å². The Balaban J connectivity index is 2.10. The summed E-state index contributed by atoms with van der Waals surface area (Å²) in [5.74, 6) is 1.57. The summed E-state index contributed by atoms with van der Waals surface area (Å²) in [7, 11) is 1.93. The number of hydrogen-bond donors (Lipinski definition) is 0. The van der Waals surface area contributed by atoms with Crippen LogP contribution < -0.4 is 0 Å². The fourth-order valence-corrected chi connectivity index (χ4v) is 2.64. The Hall–Kier alpha value is -0.780. The average Bonchev–Trinajstić information content (AvgIpc) is 2.59. The van der Waals surface area contributed by atoms with E-state index in [-0.39, 0.29) is 0 Å². The van der Waals surface area contributed by atoms with Crippen LogP contribution in [0.1, 0.15) is 11.4 Å². The lowest BCUT2D eigenvalue weighted by atomic mass is 10.3. The first kappa shape index (κ1) is 12.7. The second-order valence-corrected chi connectivity index (χ2v) is 5.15. The number of thioether (sulfide) groups is 1. The highest BCUT2D eigenvalue weighted by atomic mass is 35.5. The molecule has 2 rings (SSSR count). The van der Waals surface area contributed by atoms with E-state index in [1.807, 2.05) is 24.6 Å². The molecule has 0 saturated carbocycles. The molecule has 0 spiro atoms. The standard InChI is InChI=1S/C10H10Cl2N4S/c1-6-14-15-10(16(6)2)17-5-7-3-4-8(11)13-9(7)12/h3-4H,5H2,1-2H3. The van der Waals surface area contributed by atoms with Gasteiger partial charge < -0.3 is 4.57 Å². The molecule has 0 N–H and O–H groups in total. The van der Waals surface area contributed by atoms with Crippen molar-refractivity contribution in [3.8, 4) is 0 Å². The topological polar surface area (TPSA) is 43.6 Å². The maximum Gasteiger partial charge on any atom is 0.191 e. The van der Waals surface area contributed by atoms with Crippen LogP contribution in [0.25, 0.3) is 0 Å². The molecular formula is C10H10Cl2N4S. The summed E-state index contributed by atoms with van der Waals surface area (Å²) >= 11 is 13.3. The maximum absolute atomic E-state index is 5.99. The molecule has 0 saturated heterocycles. The molecule has 0 amide bonds. The minimum atomic E-state index is 0.401. The van der Waals surface area contributed by atoms with Gasteiger partial charge in [0.05, 0.1) is 0 Å². The molecule has 2 heterocycles. The molecule has 0 radical (unpaired) electrons. The van der Waals surface area contributed by atoms with E-state index in [1.165, 1.54) is 0 Å². The van der Waals surface area contributed by atoms with Gasteiger partial charge in [-0.25, -0.2) is 4.98 Å². The second-order valence-electron chi connectivity index (χ2n) is 3.46. The van der Waals surface area contributed by atoms with Crippen molar-refractivity contribution in [3.63, 3.8) is 0 Å². The normalized spacial score (nSPS) is 10.8. The van der Waals surface area contributed by atoms with E-state index >= 15 is 0 Å². The van der Waals surface area contributed by atoms with Crippen molar-refractivity contribution in [2.45, 2.75) is 17.8 Å². The Labute approximate surface area is 113 Å². The maximum atomic E-state index is 5.99. The molecule has 4 nitrogen and oxygen atoms in total. The largest absolute Gasteiger partial charge is 0.309 e. The lowest BCUT2D eigenvalue weighted by Gasteiger charge is -2.03. The van der Waals surface area contributed by atoms with E-state index < -0.39 is 0 Å². The molecule has 7 heteroatoms. The van der Waals surface area contributed by atoms with Gasteiger partial charge in [-0.3, -0.25) is 0 Å². The molecule has 0 aromatic carbocycles. The van der Waals surface area contributed by atoms with E-state index in [4.69, 9.17) is 23.2 Å². The van der Waals surface area contributed by atoms with E-state index in [1.54, 1.807) is 17.8 Å². The third kappa shape index (κ3) is 2.91. The Morgan fingerprint density at radius 1 is 1.29 bits per heavy atom. The predicted molar refractivity (Wildman–Crippen MR) is 69.6 cm³/mol. The SMILES string of the molecule is Cc1nnc(SCc2ccc(Cl)nc2Cl)n1C. The van der Waals surface area contributed by atoms with Gasteiger partial charge in [0, 0.05) is 12.8 Å². The Morgan fingerprint density at radius 2 is 2.06 bits per heavy atom. The minimum absolute atomic E-state index is 0.401. The zero-order valence-electron chi connectivity index (χ0n) is 9.31. The summed E-state index contributed by atoms with van der Waals surface area (Å²) in [5.41, 5.74) is 0.932.